The number of hydrogen-bond donors (Lipinski definition) is 1. The highest BCUT2D eigenvalue weighted by Crippen LogP contribution is 2.35. The summed E-state index contributed by atoms with van der Waals surface area (Å²) in [5.41, 5.74) is 6.11. The fourth-order valence-corrected chi connectivity index (χ4v) is 4.93. The van der Waals surface area contributed by atoms with Gasteiger partial charge in [-0.2, -0.15) is 0 Å². The van der Waals surface area contributed by atoms with Gasteiger partial charge in [0.25, 0.3) is 5.91 Å². The van der Waals surface area contributed by atoms with Crippen molar-refractivity contribution in [3.63, 3.8) is 0 Å². The smallest absolute Gasteiger partial charge is 0.264 e. The summed E-state index contributed by atoms with van der Waals surface area (Å²) in [6, 6.07) is 30.3. The van der Waals surface area contributed by atoms with Crippen molar-refractivity contribution in [2.24, 2.45) is 4.99 Å². The average Bonchev–Trinajstić information content (AvgIpc) is 3.35. The van der Waals surface area contributed by atoms with Crippen molar-refractivity contribution < 1.29 is 4.79 Å². The van der Waals surface area contributed by atoms with Crippen molar-refractivity contribution in [2.75, 3.05) is 0 Å². The molecule has 0 spiro atoms. The molecule has 1 N–H and O–H groups in total. The second kappa shape index (κ2) is 9.25. The molecule has 0 aliphatic carbocycles. The van der Waals surface area contributed by atoms with Gasteiger partial charge in [-0.25, -0.2) is 4.99 Å². The van der Waals surface area contributed by atoms with E-state index in [9.17, 15) is 4.79 Å². The number of thioether (sulfide) groups is 1. The van der Waals surface area contributed by atoms with E-state index in [1.165, 1.54) is 11.8 Å². The molecule has 1 saturated heterocycles. The molecule has 0 radical (unpaired) electrons. The minimum atomic E-state index is -0.139. The van der Waals surface area contributed by atoms with Crippen molar-refractivity contribution in [1.82, 2.24) is 9.88 Å². The van der Waals surface area contributed by atoms with Gasteiger partial charge in [-0.1, -0.05) is 64.5 Å². The minimum Gasteiger partial charge on any atom is -0.313 e. The number of benzene rings is 3. The fourth-order valence-electron chi connectivity index (χ4n) is 3.83. The maximum Gasteiger partial charge on any atom is 0.264 e. The Morgan fingerprint density at radius 1 is 0.939 bits per heavy atom. The Bertz CT molecular complexity index is 1370. The number of amidine groups is 1. The SMILES string of the molecule is Cc1cc(/C=C2\SC(=Nc3ccc(Br)cc3)NC2=O)c(-c2ccccc2)n1-c1ccccc1. The van der Waals surface area contributed by atoms with E-state index in [-0.39, 0.29) is 5.91 Å². The summed E-state index contributed by atoms with van der Waals surface area (Å²) < 4.78 is 3.22. The van der Waals surface area contributed by atoms with E-state index in [2.05, 4.69) is 68.1 Å². The minimum absolute atomic E-state index is 0.139. The van der Waals surface area contributed by atoms with Crippen LogP contribution in [0.25, 0.3) is 23.0 Å². The Kier molecular flexibility index (Phi) is 6.03. The molecule has 0 unspecified atom stereocenters. The molecule has 33 heavy (non-hydrogen) atoms. The van der Waals surface area contributed by atoms with Crippen LogP contribution in [0.3, 0.4) is 0 Å². The molecule has 1 amide bonds. The molecule has 4 aromatic rings. The second-order valence-corrected chi connectivity index (χ2v) is 9.53. The van der Waals surface area contributed by atoms with Crippen molar-refractivity contribution in [1.29, 1.82) is 0 Å². The van der Waals surface area contributed by atoms with E-state index in [1.807, 2.05) is 66.7 Å². The Morgan fingerprint density at radius 2 is 1.61 bits per heavy atom. The molecule has 5 rings (SSSR count). The Labute approximate surface area is 205 Å². The zero-order chi connectivity index (χ0) is 22.8. The number of nitrogens with zero attached hydrogens (tertiary/aromatic N) is 2. The molecule has 1 aliphatic rings. The van der Waals surface area contributed by atoms with Crippen LogP contribution in [0.15, 0.2) is 105 Å². The van der Waals surface area contributed by atoms with E-state index >= 15 is 0 Å². The van der Waals surface area contributed by atoms with E-state index in [0.29, 0.717) is 10.1 Å². The van der Waals surface area contributed by atoms with Gasteiger partial charge in [0, 0.05) is 21.4 Å². The molecule has 162 valence electrons. The van der Waals surface area contributed by atoms with Crippen LogP contribution in [-0.4, -0.2) is 15.6 Å². The molecule has 0 saturated carbocycles. The lowest BCUT2D eigenvalue weighted by molar-refractivity contribution is -0.115. The Morgan fingerprint density at radius 3 is 2.30 bits per heavy atom. The van der Waals surface area contributed by atoms with Gasteiger partial charge in [0.15, 0.2) is 5.17 Å². The molecule has 1 aromatic heterocycles. The third kappa shape index (κ3) is 4.58. The predicted molar refractivity (Wildman–Crippen MR) is 141 cm³/mol. The first-order valence-electron chi connectivity index (χ1n) is 10.5. The molecular weight excluding hydrogens is 494 g/mol. The standard InChI is InChI=1S/C27H20BrN3OS/c1-18-16-20(17-24-26(32)30-27(33-24)29-22-14-12-21(28)13-15-22)25(19-8-4-2-5-9-19)31(18)23-10-6-3-7-11-23/h2-17H,1H3,(H,29,30,32)/b24-17-. The van der Waals surface area contributed by atoms with Gasteiger partial charge in [0.1, 0.15) is 0 Å². The normalized spacial score (nSPS) is 15.9. The lowest BCUT2D eigenvalue weighted by Gasteiger charge is -2.13. The van der Waals surface area contributed by atoms with Crippen molar-refractivity contribution in [3.05, 3.63) is 112 Å². The van der Waals surface area contributed by atoms with Crippen molar-refractivity contribution in [3.8, 4) is 16.9 Å². The van der Waals surface area contributed by atoms with Gasteiger partial charge < -0.3 is 9.88 Å². The number of aromatic nitrogens is 1. The number of rotatable bonds is 4. The van der Waals surface area contributed by atoms with Crippen LogP contribution in [0.5, 0.6) is 0 Å². The maximum atomic E-state index is 12.7. The molecular formula is C27H20BrN3OS. The largest absolute Gasteiger partial charge is 0.313 e. The summed E-state index contributed by atoms with van der Waals surface area (Å²) >= 11 is 4.79. The number of carbonyl (C=O) groups excluding carboxylic acids is 1. The van der Waals surface area contributed by atoms with Gasteiger partial charge in [0.2, 0.25) is 0 Å². The van der Waals surface area contributed by atoms with Crippen LogP contribution >= 0.6 is 27.7 Å². The molecule has 0 atom stereocenters. The first kappa shape index (κ1) is 21.5. The van der Waals surface area contributed by atoms with Crippen LogP contribution in [0.4, 0.5) is 5.69 Å². The number of para-hydroxylation sites is 1. The van der Waals surface area contributed by atoms with Crippen molar-refractivity contribution >= 4 is 50.5 Å². The average molecular weight is 514 g/mol. The number of aryl methyl sites for hydroxylation is 1. The highest BCUT2D eigenvalue weighted by atomic mass is 79.9. The summed E-state index contributed by atoms with van der Waals surface area (Å²) in [6.45, 7) is 2.09. The van der Waals surface area contributed by atoms with Crippen molar-refractivity contribution in [2.45, 2.75) is 6.92 Å². The first-order valence-corrected chi connectivity index (χ1v) is 12.1. The highest BCUT2D eigenvalue weighted by molar-refractivity contribution is 9.10. The third-order valence-electron chi connectivity index (χ3n) is 5.27. The molecule has 6 heteroatoms. The summed E-state index contributed by atoms with van der Waals surface area (Å²) in [7, 11) is 0. The lowest BCUT2D eigenvalue weighted by atomic mass is 10.1. The molecule has 1 fully saturated rings. The monoisotopic (exact) mass is 513 g/mol. The summed E-state index contributed by atoms with van der Waals surface area (Å²) in [5.74, 6) is -0.139. The maximum absolute atomic E-state index is 12.7. The molecule has 3 aromatic carbocycles. The number of carbonyl (C=O) groups is 1. The third-order valence-corrected chi connectivity index (χ3v) is 6.71. The van der Waals surface area contributed by atoms with E-state index in [4.69, 9.17) is 0 Å². The van der Waals surface area contributed by atoms with Crippen LogP contribution in [0.2, 0.25) is 0 Å². The highest BCUT2D eigenvalue weighted by Gasteiger charge is 2.25. The zero-order valence-corrected chi connectivity index (χ0v) is 20.2. The van der Waals surface area contributed by atoms with Crippen LogP contribution in [0.1, 0.15) is 11.3 Å². The topological polar surface area (TPSA) is 46.4 Å². The van der Waals surface area contributed by atoms with Crippen LogP contribution in [-0.2, 0) is 4.79 Å². The Balaban J connectivity index is 1.57. The molecule has 0 bridgehead atoms. The van der Waals surface area contributed by atoms with Gasteiger partial charge >= 0.3 is 0 Å². The number of nitrogens with one attached hydrogen (secondary N) is 1. The number of aliphatic imine (C=N–C) groups is 1. The second-order valence-electron chi connectivity index (χ2n) is 7.58. The summed E-state index contributed by atoms with van der Waals surface area (Å²) in [4.78, 5) is 17.9. The van der Waals surface area contributed by atoms with Gasteiger partial charge in [-0.15, -0.1) is 0 Å². The first-order chi connectivity index (χ1) is 16.1. The Hall–Kier alpha value is -3.35. The summed E-state index contributed by atoms with van der Waals surface area (Å²) in [5, 5.41) is 3.46. The van der Waals surface area contributed by atoms with Crippen LogP contribution < -0.4 is 5.32 Å². The zero-order valence-electron chi connectivity index (χ0n) is 17.8. The quantitative estimate of drug-likeness (QED) is 0.295. The van der Waals surface area contributed by atoms with E-state index < -0.39 is 0 Å². The van der Waals surface area contributed by atoms with Gasteiger partial charge in [-0.05, 0) is 72.8 Å². The van der Waals surface area contributed by atoms with E-state index in [0.717, 1.165) is 38.4 Å². The van der Waals surface area contributed by atoms with Gasteiger partial charge in [0.05, 0.1) is 16.3 Å². The van der Waals surface area contributed by atoms with Crippen LogP contribution in [0, 0.1) is 6.92 Å². The molecule has 2 heterocycles. The number of halogens is 1. The van der Waals surface area contributed by atoms with Gasteiger partial charge in [-0.3, -0.25) is 4.79 Å². The number of amides is 1. The molecule has 4 nitrogen and oxygen atoms in total. The lowest BCUT2D eigenvalue weighted by Crippen LogP contribution is -2.19. The van der Waals surface area contributed by atoms with E-state index in [1.54, 1.807) is 0 Å². The molecule has 1 aliphatic heterocycles. The number of hydrogen-bond acceptors (Lipinski definition) is 3. The fraction of sp³-hybridized carbons (Fsp3) is 0.0370. The summed E-state index contributed by atoms with van der Waals surface area (Å²) in [6.07, 6.45) is 1.96. The predicted octanol–water partition coefficient (Wildman–Crippen LogP) is 7.11.